The van der Waals surface area contributed by atoms with Crippen molar-refractivity contribution in [3.8, 4) is 6.07 Å². The second kappa shape index (κ2) is 6.84. The fraction of sp³-hybridized carbons (Fsp3) is 0.222. The van der Waals surface area contributed by atoms with E-state index in [1.54, 1.807) is 12.1 Å². The van der Waals surface area contributed by atoms with Crippen LogP contribution in [-0.4, -0.2) is 30.4 Å². The number of anilines is 1. The van der Waals surface area contributed by atoms with Crippen molar-refractivity contribution in [3.63, 3.8) is 0 Å². The van der Waals surface area contributed by atoms with Crippen molar-refractivity contribution >= 4 is 27.5 Å². The highest BCUT2D eigenvalue weighted by Gasteiger charge is 2.24. The topological polar surface area (TPSA) is 47.3 Å². The Kier molecular flexibility index (Phi) is 4.63. The fourth-order valence-corrected chi connectivity index (χ4v) is 2.92. The maximum Gasteiger partial charge on any atom is 0.242 e. The van der Waals surface area contributed by atoms with Crippen LogP contribution in [0.3, 0.4) is 0 Å². The number of piperazine rings is 1. The summed E-state index contributed by atoms with van der Waals surface area (Å²) in [6, 6.07) is 17.5. The molecule has 0 unspecified atom stereocenters. The summed E-state index contributed by atoms with van der Waals surface area (Å²) < 4.78 is 1.03. The minimum atomic E-state index is 0.128. The third-order valence-electron chi connectivity index (χ3n) is 3.97. The summed E-state index contributed by atoms with van der Waals surface area (Å²) in [7, 11) is 0. The van der Waals surface area contributed by atoms with Crippen LogP contribution in [0.2, 0.25) is 0 Å². The average Bonchev–Trinajstić information content (AvgIpc) is 2.58. The number of nitriles is 1. The molecule has 0 aromatic heterocycles. The molecule has 0 spiro atoms. The number of hydrogen-bond acceptors (Lipinski definition) is 3. The van der Waals surface area contributed by atoms with Gasteiger partial charge in [-0.3, -0.25) is 4.79 Å². The second-order valence-electron chi connectivity index (χ2n) is 5.52. The Morgan fingerprint density at radius 1 is 1.04 bits per heavy atom. The highest BCUT2D eigenvalue weighted by molar-refractivity contribution is 9.10. The number of amides is 1. The zero-order valence-corrected chi connectivity index (χ0v) is 14.2. The van der Waals surface area contributed by atoms with Crippen molar-refractivity contribution in [2.45, 2.75) is 6.54 Å². The molecule has 0 atom stereocenters. The molecule has 1 fully saturated rings. The van der Waals surface area contributed by atoms with Crippen LogP contribution in [0.4, 0.5) is 5.69 Å². The highest BCUT2D eigenvalue weighted by Crippen LogP contribution is 2.20. The van der Waals surface area contributed by atoms with Crippen LogP contribution in [0.15, 0.2) is 53.0 Å². The van der Waals surface area contributed by atoms with Gasteiger partial charge in [0.25, 0.3) is 0 Å². The first-order valence-corrected chi connectivity index (χ1v) is 8.22. The molecule has 116 valence electrons. The minimum absolute atomic E-state index is 0.128. The van der Waals surface area contributed by atoms with Gasteiger partial charge in [0.2, 0.25) is 5.91 Å². The monoisotopic (exact) mass is 369 g/mol. The fourth-order valence-electron chi connectivity index (χ4n) is 2.65. The van der Waals surface area contributed by atoms with E-state index in [1.165, 1.54) is 0 Å². The van der Waals surface area contributed by atoms with Crippen molar-refractivity contribution < 1.29 is 4.79 Å². The molecule has 0 saturated carbocycles. The van der Waals surface area contributed by atoms with Crippen LogP contribution in [0.1, 0.15) is 11.1 Å². The molecule has 1 heterocycles. The van der Waals surface area contributed by atoms with E-state index in [-0.39, 0.29) is 5.91 Å². The van der Waals surface area contributed by atoms with Gasteiger partial charge in [0, 0.05) is 29.8 Å². The Balaban J connectivity index is 1.63. The minimum Gasteiger partial charge on any atom is -0.360 e. The van der Waals surface area contributed by atoms with Crippen molar-refractivity contribution in [1.29, 1.82) is 5.26 Å². The number of hydrogen-bond donors (Lipinski definition) is 0. The molecule has 0 bridgehead atoms. The number of halogens is 1. The predicted octanol–water partition coefficient (Wildman–Crippen LogP) is 3.17. The SMILES string of the molecule is N#Cc1ccc(CN2CCN(c3ccc(Br)cc3)CC2=O)cc1. The lowest BCUT2D eigenvalue weighted by Gasteiger charge is -2.35. The lowest BCUT2D eigenvalue weighted by atomic mass is 10.1. The Labute approximate surface area is 144 Å². The van der Waals surface area contributed by atoms with Crippen molar-refractivity contribution in [3.05, 3.63) is 64.1 Å². The number of nitrogens with zero attached hydrogens (tertiary/aromatic N) is 3. The van der Waals surface area contributed by atoms with Crippen LogP contribution >= 0.6 is 15.9 Å². The molecule has 2 aromatic rings. The zero-order valence-electron chi connectivity index (χ0n) is 12.6. The third-order valence-corrected chi connectivity index (χ3v) is 4.50. The number of rotatable bonds is 3. The average molecular weight is 370 g/mol. The van der Waals surface area contributed by atoms with Gasteiger partial charge in [-0.05, 0) is 42.0 Å². The molecule has 4 nitrogen and oxygen atoms in total. The van der Waals surface area contributed by atoms with E-state index in [1.807, 2.05) is 41.3 Å². The molecule has 1 aliphatic rings. The summed E-state index contributed by atoms with van der Waals surface area (Å²) >= 11 is 3.42. The van der Waals surface area contributed by atoms with Gasteiger partial charge in [0.1, 0.15) is 0 Å². The predicted molar refractivity (Wildman–Crippen MR) is 92.9 cm³/mol. The first kappa shape index (κ1) is 15.6. The first-order valence-electron chi connectivity index (χ1n) is 7.43. The largest absolute Gasteiger partial charge is 0.360 e. The Hall–Kier alpha value is -2.32. The molecule has 0 radical (unpaired) electrons. The Morgan fingerprint density at radius 2 is 1.74 bits per heavy atom. The van der Waals surface area contributed by atoms with E-state index in [4.69, 9.17) is 5.26 Å². The Bertz CT molecular complexity index is 734. The van der Waals surface area contributed by atoms with Crippen molar-refractivity contribution in [2.24, 2.45) is 0 Å². The molecule has 0 N–H and O–H groups in total. The third kappa shape index (κ3) is 3.72. The maximum atomic E-state index is 12.4. The zero-order chi connectivity index (χ0) is 16.2. The van der Waals surface area contributed by atoms with Gasteiger partial charge >= 0.3 is 0 Å². The molecule has 1 amide bonds. The van der Waals surface area contributed by atoms with E-state index in [0.717, 1.165) is 22.3 Å². The molecule has 1 saturated heterocycles. The molecular weight excluding hydrogens is 354 g/mol. The van der Waals surface area contributed by atoms with Crippen molar-refractivity contribution in [2.75, 3.05) is 24.5 Å². The van der Waals surface area contributed by atoms with Gasteiger partial charge in [0.15, 0.2) is 0 Å². The summed E-state index contributed by atoms with van der Waals surface area (Å²) in [5.41, 5.74) is 2.76. The normalized spacial score (nSPS) is 14.7. The van der Waals surface area contributed by atoms with E-state index in [2.05, 4.69) is 26.9 Å². The molecule has 3 rings (SSSR count). The van der Waals surface area contributed by atoms with Crippen LogP contribution < -0.4 is 4.90 Å². The van der Waals surface area contributed by atoms with E-state index in [9.17, 15) is 4.79 Å². The number of benzene rings is 2. The van der Waals surface area contributed by atoms with Crippen LogP contribution in [0, 0.1) is 11.3 Å². The molecule has 23 heavy (non-hydrogen) atoms. The summed E-state index contributed by atoms with van der Waals surface area (Å²) in [5.74, 6) is 0.128. The van der Waals surface area contributed by atoms with Gasteiger partial charge in [-0.25, -0.2) is 0 Å². The molecule has 0 aliphatic carbocycles. The van der Waals surface area contributed by atoms with Gasteiger partial charge in [0.05, 0.1) is 18.2 Å². The summed E-state index contributed by atoms with van der Waals surface area (Å²) in [6.45, 7) is 2.52. The molecule has 2 aromatic carbocycles. The number of carbonyl (C=O) groups is 1. The van der Waals surface area contributed by atoms with Crippen LogP contribution in [0.5, 0.6) is 0 Å². The van der Waals surface area contributed by atoms with E-state index in [0.29, 0.717) is 25.2 Å². The lowest BCUT2D eigenvalue weighted by Crippen LogP contribution is -2.50. The van der Waals surface area contributed by atoms with E-state index >= 15 is 0 Å². The first-order chi connectivity index (χ1) is 11.2. The standard InChI is InChI=1S/C18H16BrN3O/c19-16-5-7-17(8-6-16)21-9-10-22(18(23)13-21)12-15-3-1-14(11-20)2-4-15/h1-8H,9-10,12-13H2. The Morgan fingerprint density at radius 3 is 2.35 bits per heavy atom. The van der Waals surface area contributed by atoms with Crippen LogP contribution in [-0.2, 0) is 11.3 Å². The maximum absolute atomic E-state index is 12.4. The summed E-state index contributed by atoms with van der Waals surface area (Å²) in [4.78, 5) is 16.4. The van der Waals surface area contributed by atoms with Gasteiger partial charge < -0.3 is 9.80 Å². The van der Waals surface area contributed by atoms with Gasteiger partial charge in [-0.15, -0.1) is 0 Å². The second-order valence-corrected chi connectivity index (χ2v) is 6.44. The van der Waals surface area contributed by atoms with Crippen molar-refractivity contribution in [1.82, 2.24) is 4.90 Å². The summed E-state index contributed by atoms with van der Waals surface area (Å²) in [6.07, 6.45) is 0. The van der Waals surface area contributed by atoms with Gasteiger partial charge in [-0.2, -0.15) is 5.26 Å². The highest BCUT2D eigenvalue weighted by atomic mass is 79.9. The van der Waals surface area contributed by atoms with E-state index < -0.39 is 0 Å². The summed E-state index contributed by atoms with van der Waals surface area (Å²) in [5, 5.41) is 8.82. The smallest absolute Gasteiger partial charge is 0.242 e. The molecule has 1 aliphatic heterocycles. The van der Waals surface area contributed by atoms with Gasteiger partial charge in [-0.1, -0.05) is 28.1 Å². The molecular formula is C18H16BrN3O. The quantitative estimate of drug-likeness (QED) is 0.834. The molecule has 5 heteroatoms. The number of carbonyl (C=O) groups excluding carboxylic acids is 1. The van der Waals surface area contributed by atoms with Crippen LogP contribution in [0.25, 0.3) is 0 Å². The lowest BCUT2D eigenvalue weighted by molar-refractivity contribution is -0.131.